The highest BCUT2D eigenvalue weighted by Crippen LogP contribution is 2.42. The van der Waals surface area contributed by atoms with E-state index in [-0.39, 0.29) is 0 Å². The Morgan fingerprint density at radius 1 is 0.593 bits per heavy atom. The van der Waals surface area contributed by atoms with Crippen molar-refractivity contribution in [2.45, 2.75) is 85.8 Å². The lowest BCUT2D eigenvalue weighted by Crippen LogP contribution is -2.05. The van der Waals surface area contributed by atoms with Gasteiger partial charge in [-0.15, -0.1) is 0 Å². The fourth-order valence-corrected chi connectivity index (χ4v) is 5.73. The molecule has 0 saturated heterocycles. The summed E-state index contributed by atoms with van der Waals surface area (Å²) < 4.78 is 0. The Hall–Kier alpha value is -1.61. The van der Waals surface area contributed by atoms with Crippen LogP contribution < -0.4 is 0 Å². The maximum atomic E-state index is 10.4. The zero-order valence-electron chi connectivity index (χ0n) is 16.0. The van der Waals surface area contributed by atoms with Gasteiger partial charge in [-0.25, -0.2) is 0 Å². The minimum atomic E-state index is 0.444. The Bertz CT molecular complexity index is 708. The van der Waals surface area contributed by atoms with Crippen molar-refractivity contribution in [3.63, 3.8) is 0 Å². The molecule has 2 fully saturated rings. The molecule has 2 aliphatic rings. The lowest BCUT2D eigenvalue weighted by molar-refractivity contribution is 0.413. The Balaban J connectivity index is 1.55. The van der Waals surface area contributed by atoms with Crippen molar-refractivity contribution >= 4 is 11.8 Å². The topological polar surface area (TPSA) is 40.5 Å². The van der Waals surface area contributed by atoms with Gasteiger partial charge in [0.1, 0.15) is 11.5 Å². The van der Waals surface area contributed by atoms with Gasteiger partial charge >= 0.3 is 0 Å². The summed E-state index contributed by atoms with van der Waals surface area (Å²) in [7, 11) is 0. The van der Waals surface area contributed by atoms with Crippen LogP contribution in [0.2, 0.25) is 0 Å². The first-order chi connectivity index (χ1) is 13.2. The highest BCUT2D eigenvalue weighted by Gasteiger charge is 2.21. The molecule has 0 bridgehead atoms. The first-order valence-electron chi connectivity index (χ1n) is 10.5. The molecule has 2 N–H and O–H groups in total. The van der Waals surface area contributed by atoms with Crippen LogP contribution in [0.25, 0.3) is 0 Å². The van der Waals surface area contributed by atoms with E-state index in [1.807, 2.05) is 24.3 Å². The van der Waals surface area contributed by atoms with E-state index < -0.39 is 0 Å². The molecule has 0 spiro atoms. The Kier molecular flexibility index (Phi) is 5.97. The molecule has 2 aromatic rings. The van der Waals surface area contributed by atoms with Crippen LogP contribution in [0.3, 0.4) is 0 Å². The second kappa shape index (κ2) is 8.60. The Morgan fingerprint density at radius 2 is 1.00 bits per heavy atom. The number of rotatable bonds is 4. The molecule has 2 aliphatic carbocycles. The molecule has 2 saturated carbocycles. The average molecular weight is 383 g/mol. The van der Waals surface area contributed by atoms with Crippen molar-refractivity contribution in [2.24, 2.45) is 0 Å². The quantitative estimate of drug-likeness (QED) is 0.581. The molecule has 144 valence electrons. The Labute approximate surface area is 167 Å². The average Bonchev–Trinajstić information content (AvgIpc) is 2.72. The van der Waals surface area contributed by atoms with Gasteiger partial charge in [-0.3, -0.25) is 0 Å². The van der Waals surface area contributed by atoms with E-state index in [0.717, 1.165) is 11.1 Å². The first kappa shape index (κ1) is 18.7. The molecule has 27 heavy (non-hydrogen) atoms. The van der Waals surface area contributed by atoms with Crippen LogP contribution in [-0.2, 0) is 0 Å². The normalized spacial score (nSPS) is 19.3. The van der Waals surface area contributed by atoms with Crippen LogP contribution in [0.15, 0.2) is 46.2 Å². The van der Waals surface area contributed by atoms with E-state index in [9.17, 15) is 10.2 Å². The van der Waals surface area contributed by atoms with Crippen molar-refractivity contribution in [3.05, 3.63) is 47.5 Å². The molecule has 2 nitrogen and oxygen atoms in total. The molecule has 0 aliphatic heterocycles. The maximum Gasteiger partial charge on any atom is 0.119 e. The van der Waals surface area contributed by atoms with E-state index >= 15 is 0 Å². The van der Waals surface area contributed by atoms with Crippen molar-refractivity contribution < 1.29 is 10.2 Å². The van der Waals surface area contributed by atoms with E-state index in [4.69, 9.17) is 0 Å². The molecular weight excluding hydrogens is 352 g/mol. The standard InChI is InChI=1S/C24H30O2S/c25-23-13-11-19(15-21(23)17-7-3-1-4-8-17)27-20-12-14-24(26)22(16-20)18-9-5-2-6-10-18/h11-18,25-26H,1-10H2. The van der Waals surface area contributed by atoms with Gasteiger partial charge in [0.25, 0.3) is 0 Å². The van der Waals surface area contributed by atoms with Gasteiger partial charge in [0.05, 0.1) is 0 Å². The summed E-state index contributed by atoms with van der Waals surface area (Å²) >= 11 is 1.74. The number of hydrogen-bond donors (Lipinski definition) is 2. The van der Waals surface area contributed by atoms with Crippen LogP contribution in [0.1, 0.15) is 87.2 Å². The molecule has 0 heterocycles. The zero-order valence-corrected chi connectivity index (χ0v) is 16.8. The largest absolute Gasteiger partial charge is 0.508 e. The number of aromatic hydroxyl groups is 2. The second-order valence-electron chi connectivity index (χ2n) is 8.21. The summed E-state index contributed by atoms with van der Waals surface area (Å²) in [5.41, 5.74) is 2.23. The molecule has 0 unspecified atom stereocenters. The van der Waals surface area contributed by atoms with Crippen LogP contribution in [0, 0.1) is 0 Å². The summed E-state index contributed by atoms with van der Waals surface area (Å²) in [6.07, 6.45) is 12.5. The lowest BCUT2D eigenvalue weighted by Gasteiger charge is -2.24. The van der Waals surface area contributed by atoms with Crippen LogP contribution in [-0.4, -0.2) is 10.2 Å². The number of hydrogen-bond acceptors (Lipinski definition) is 3. The summed E-state index contributed by atoms with van der Waals surface area (Å²) in [6.45, 7) is 0. The van der Waals surface area contributed by atoms with Gasteiger partial charge < -0.3 is 10.2 Å². The van der Waals surface area contributed by atoms with Gasteiger partial charge in [-0.05, 0) is 85.0 Å². The third-order valence-electron chi connectivity index (χ3n) is 6.32. The molecular formula is C24H30O2S. The van der Waals surface area contributed by atoms with Gasteiger partial charge in [0, 0.05) is 9.79 Å². The van der Waals surface area contributed by atoms with Crippen molar-refractivity contribution in [3.8, 4) is 11.5 Å². The summed E-state index contributed by atoms with van der Waals surface area (Å²) in [5.74, 6) is 1.88. The van der Waals surface area contributed by atoms with Crippen molar-refractivity contribution in [2.75, 3.05) is 0 Å². The van der Waals surface area contributed by atoms with Gasteiger partial charge in [-0.1, -0.05) is 50.3 Å². The highest BCUT2D eigenvalue weighted by atomic mass is 32.2. The fourth-order valence-electron chi connectivity index (χ4n) is 4.81. The molecule has 0 atom stereocenters. The monoisotopic (exact) mass is 382 g/mol. The third-order valence-corrected chi connectivity index (χ3v) is 7.30. The number of phenolic OH excluding ortho intramolecular Hbond substituents is 2. The molecule has 0 aromatic heterocycles. The van der Waals surface area contributed by atoms with Gasteiger partial charge in [0.2, 0.25) is 0 Å². The predicted molar refractivity (Wildman–Crippen MR) is 112 cm³/mol. The molecule has 0 radical (unpaired) electrons. The van der Waals surface area contributed by atoms with Crippen LogP contribution in [0.5, 0.6) is 11.5 Å². The van der Waals surface area contributed by atoms with Gasteiger partial charge in [0.15, 0.2) is 0 Å². The van der Waals surface area contributed by atoms with E-state index in [1.54, 1.807) is 11.8 Å². The van der Waals surface area contributed by atoms with Gasteiger partial charge in [-0.2, -0.15) is 0 Å². The number of benzene rings is 2. The Morgan fingerprint density at radius 3 is 1.41 bits per heavy atom. The van der Waals surface area contributed by atoms with E-state index in [2.05, 4.69) is 12.1 Å². The summed E-state index contributed by atoms with van der Waals surface area (Å²) in [4.78, 5) is 2.35. The summed E-state index contributed by atoms with van der Waals surface area (Å²) in [6, 6.07) is 12.1. The maximum absolute atomic E-state index is 10.4. The smallest absolute Gasteiger partial charge is 0.119 e. The first-order valence-corrected chi connectivity index (χ1v) is 11.4. The second-order valence-corrected chi connectivity index (χ2v) is 9.36. The van der Waals surface area contributed by atoms with Crippen LogP contribution in [0.4, 0.5) is 0 Å². The SMILES string of the molecule is Oc1ccc(Sc2ccc(O)c(C3CCCCC3)c2)cc1C1CCCCC1. The van der Waals surface area contributed by atoms with Crippen molar-refractivity contribution in [1.82, 2.24) is 0 Å². The molecule has 2 aromatic carbocycles. The highest BCUT2D eigenvalue weighted by molar-refractivity contribution is 7.99. The van der Waals surface area contributed by atoms with E-state index in [0.29, 0.717) is 23.3 Å². The summed E-state index contributed by atoms with van der Waals surface area (Å²) in [5, 5.41) is 20.7. The third kappa shape index (κ3) is 4.45. The van der Waals surface area contributed by atoms with Crippen LogP contribution >= 0.6 is 11.8 Å². The molecule has 4 rings (SSSR count). The molecule has 3 heteroatoms. The van der Waals surface area contributed by atoms with Crippen molar-refractivity contribution in [1.29, 1.82) is 0 Å². The minimum Gasteiger partial charge on any atom is -0.508 e. The number of phenols is 2. The zero-order chi connectivity index (χ0) is 18.6. The predicted octanol–water partition coefficient (Wildman–Crippen LogP) is 7.34. The fraction of sp³-hybridized carbons (Fsp3) is 0.500. The molecule has 0 amide bonds. The lowest BCUT2D eigenvalue weighted by atomic mass is 9.84. The van der Waals surface area contributed by atoms with E-state index in [1.165, 1.54) is 74.0 Å². The minimum absolute atomic E-state index is 0.444.